The average molecular weight is 528 g/mol. The summed E-state index contributed by atoms with van der Waals surface area (Å²) in [5.41, 5.74) is 1.34. The lowest BCUT2D eigenvalue weighted by atomic mass is 9.87. The van der Waals surface area contributed by atoms with Crippen LogP contribution in [0.4, 0.5) is 0 Å². The second kappa shape index (κ2) is 9.46. The Balaban J connectivity index is 1.35. The molecule has 5 rings (SSSR count). The zero-order chi connectivity index (χ0) is 26.6. The lowest BCUT2D eigenvalue weighted by molar-refractivity contribution is -0.136. The van der Waals surface area contributed by atoms with Crippen LogP contribution in [0.2, 0.25) is 5.02 Å². The van der Waals surface area contributed by atoms with Crippen molar-refractivity contribution in [3.8, 4) is 0 Å². The Labute approximate surface area is 217 Å². The van der Waals surface area contributed by atoms with E-state index in [1.807, 2.05) is 23.7 Å². The van der Waals surface area contributed by atoms with Crippen molar-refractivity contribution in [2.45, 2.75) is 50.3 Å². The minimum Gasteiger partial charge on any atom is -0.389 e. The standard InChI is InChI=1S/C25H30ClN7O4/c1-29-16-9-8-14(26)12-15(16)28-19(29)10-11-20(34)30(2)17-6-5-7-18(22(17)35)33-13-27-21-23(33)31(3)25(37)32(4)24(21)36/h8-9,12-13,17-18,22,35H,5-7,10-11H2,1-4H3/t17-,18-,22-/m1/s1. The number of fused-ring (bicyclic) bond motifs is 2. The predicted octanol–water partition coefficient (Wildman–Crippen LogP) is 1.52. The summed E-state index contributed by atoms with van der Waals surface area (Å²) < 4.78 is 6.06. The molecule has 1 amide bonds. The maximum absolute atomic E-state index is 13.2. The third kappa shape index (κ3) is 4.15. The fourth-order valence-corrected chi connectivity index (χ4v) is 5.69. The lowest BCUT2D eigenvalue weighted by Gasteiger charge is -2.40. The number of likely N-dealkylation sites (N-methyl/N-ethyl adjacent to an activating group) is 1. The topological polar surface area (TPSA) is 120 Å². The Morgan fingerprint density at radius 1 is 1.16 bits per heavy atom. The quantitative estimate of drug-likeness (QED) is 0.420. The molecule has 12 heteroatoms. The van der Waals surface area contributed by atoms with Gasteiger partial charge in [0, 0.05) is 46.1 Å². The summed E-state index contributed by atoms with van der Waals surface area (Å²) in [5, 5.41) is 12.0. The van der Waals surface area contributed by atoms with E-state index in [9.17, 15) is 19.5 Å². The van der Waals surface area contributed by atoms with Crippen molar-refractivity contribution >= 4 is 39.7 Å². The fourth-order valence-electron chi connectivity index (χ4n) is 5.53. The van der Waals surface area contributed by atoms with Crippen LogP contribution in [-0.2, 0) is 32.4 Å². The number of benzene rings is 1. The number of aryl methyl sites for hydroxylation is 3. The van der Waals surface area contributed by atoms with Gasteiger partial charge in [0.15, 0.2) is 5.52 Å². The molecule has 1 aromatic carbocycles. The molecule has 11 nitrogen and oxygen atoms in total. The predicted molar refractivity (Wildman–Crippen MR) is 140 cm³/mol. The maximum atomic E-state index is 13.2. The van der Waals surface area contributed by atoms with Gasteiger partial charge in [0.05, 0.1) is 35.5 Å². The molecular formula is C25H30ClN7O4. The molecule has 0 radical (unpaired) electrons. The number of aromatic nitrogens is 6. The van der Waals surface area contributed by atoms with Gasteiger partial charge in [0.25, 0.3) is 5.56 Å². The number of carbonyl (C=O) groups is 1. The number of aliphatic hydroxyl groups excluding tert-OH is 1. The van der Waals surface area contributed by atoms with Gasteiger partial charge in [-0.1, -0.05) is 11.6 Å². The van der Waals surface area contributed by atoms with Gasteiger partial charge >= 0.3 is 5.69 Å². The molecule has 1 aliphatic rings. The molecule has 0 saturated heterocycles. The first-order valence-corrected chi connectivity index (χ1v) is 12.6. The Morgan fingerprint density at radius 2 is 1.92 bits per heavy atom. The molecule has 1 N–H and O–H groups in total. The van der Waals surface area contributed by atoms with Crippen LogP contribution in [0, 0.1) is 0 Å². The highest BCUT2D eigenvalue weighted by molar-refractivity contribution is 6.31. The average Bonchev–Trinajstić information content (AvgIpc) is 3.45. The van der Waals surface area contributed by atoms with Crippen LogP contribution in [0.25, 0.3) is 22.2 Å². The summed E-state index contributed by atoms with van der Waals surface area (Å²) in [5.74, 6) is 0.694. The van der Waals surface area contributed by atoms with E-state index in [-0.39, 0.29) is 17.8 Å². The van der Waals surface area contributed by atoms with Crippen molar-refractivity contribution in [1.29, 1.82) is 0 Å². The van der Waals surface area contributed by atoms with Crippen LogP contribution in [0.15, 0.2) is 34.1 Å². The number of imidazole rings is 2. The number of hydrogen-bond donors (Lipinski definition) is 1. The summed E-state index contributed by atoms with van der Waals surface area (Å²) in [6.07, 6.45) is 3.37. The minimum atomic E-state index is -0.892. The molecule has 1 aliphatic carbocycles. The summed E-state index contributed by atoms with van der Waals surface area (Å²) in [4.78, 5) is 48.8. The molecule has 1 fully saturated rings. The highest BCUT2D eigenvalue weighted by atomic mass is 35.5. The first kappa shape index (κ1) is 25.2. The number of nitrogens with zero attached hydrogens (tertiary/aromatic N) is 7. The van der Waals surface area contributed by atoms with Gasteiger partial charge in [-0.15, -0.1) is 0 Å². The van der Waals surface area contributed by atoms with Crippen LogP contribution >= 0.6 is 11.6 Å². The van der Waals surface area contributed by atoms with Crippen molar-refractivity contribution in [3.63, 3.8) is 0 Å². The molecule has 37 heavy (non-hydrogen) atoms. The van der Waals surface area contributed by atoms with Crippen molar-refractivity contribution < 1.29 is 9.90 Å². The van der Waals surface area contributed by atoms with Gasteiger partial charge in [-0.25, -0.2) is 14.8 Å². The SMILES string of the molecule is CN(C(=O)CCc1nc2cc(Cl)ccc2n1C)[C@@H]1CCC[C@@H](n2cnc3c(=O)n(C)c(=O)n(C)c32)[C@@H]1O. The molecule has 1 saturated carbocycles. The Hall–Kier alpha value is -3.44. The van der Waals surface area contributed by atoms with Gasteiger partial charge in [-0.05, 0) is 37.5 Å². The van der Waals surface area contributed by atoms with Crippen molar-refractivity contribution in [3.05, 3.63) is 56.2 Å². The van der Waals surface area contributed by atoms with Crippen LogP contribution in [-0.4, -0.2) is 63.3 Å². The fraction of sp³-hybridized carbons (Fsp3) is 0.480. The second-order valence-corrected chi connectivity index (χ2v) is 10.2. The molecule has 0 unspecified atom stereocenters. The normalized spacial score (nSPS) is 20.1. The van der Waals surface area contributed by atoms with Crippen molar-refractivity contribution in [2.75, 3.05) is 7.05 Å². The smallest absolute Gasteiger partial charge is 0.332 e. The van der Waals surface area contributed by atoms with Gasteiger partial charge in [-0.2, -0.15) is 0 Å². The van der Waals surface area contributed by atoms with E-state index in [1.165, 1.54) is 17.9 Å². The zero-order valence-electron chi connectivity index (χ0n) is 21.3. The second-order valence-electron chi connectivity index (χ2n) is 9.81. The largest absolute Gasteiger partial charge is 0.389 e. The highest BCUT2D eigenvalue weighted by Gasteiger charge is 2.38. The molecule has 0 aliphatic heterocycles. The number of carbonyl (C=O) groups excluding carboxylic acids is 1. The van der Waals surface area contributed by atoms with E-state index in [2.05, 4.69) is 9.97 Å². The molecule has 3 heterocycles. The van der Waals surface area contributed by atoms with Gasteiger partial charge < -0.3 is 19.1 Å². The Bertz CT molecular complexity index is 1630. The zero-order valence-corrected chi connectivity index (χ0v) is 22.0. The first-order valence-electron chi connectivity index (χ1n) is 12.3. The van der Waals surface area contributed by atoms with Gasteiger partial charge in [-0.3, -0.25) is 18.7 Å². The van der Waals surface area contributed by atoms with E-state index < -0.39 is 29.4 Å². The molecular weight excluding hydrogens is 498 g/mol. The third-order valence-corrected chi connectivity index (χ3v) is 7.94. The number of halogens is 1. The lowest BCUT2D eigenvalue weighted by Crippen LogP contribution is -2.50. The van der Waals surface area contributed by atoms with Crippen LogP contribution < -0.4 is 11.2 Å². The third-order valence-electron chi connectivity index (χ3n) is 7.70. The highest BCUT2D eigenvalue weighted by Crippen LogP contribution is 2.33. The van der Waals surface area contributed by atoms with E-state index in [4.69, 9.17) is 11.6 Å². The monoisotopic (exact) mass is 527 g/mol. The molecule has 4 aromatic rings. The molecule has 0 spiro atoms. The van der Waals surface area contributed by atoms with Gasteiger partial charge in [0.2, 0.25) is 5.91 Å². The van der Waals surface area contributed by atoms with Crippen molar-refractivity contribution in [1.82, 2.24) is 33.1 Å². The first-order chi connectivity index (χ1) is 17.6. The van der Waals surface area contributed by atoms with E-state index in [0.717, 1.165) is 27.8 Å². The molecule has 3 aromatic heterocycles. The van der Waals surface area contributed by atoms with E-state index >= 15 is 0 Å². The number of aliphatic hydroxyl groups is 1. The van der Waals surface area contributed by atoms with Gasteiger partial charge in [0.1, 0.15) is 11.5 Å². The summed E-state index contributed by atoms with van der Waals surface area (Å²) in [6, 6.07) is 4.69. The van der Waals surface area contributed by atoms with Crippen LogP contribution in [0.5, 0.6) is 0 Å². The van der Waals surface area contributed by atoms with Crippen LogP contribution in [0.3, 0.4) is 0 Å². The summed E-state index contributed by atoms with van der Waals surface area (Å²) in [7, 11) is 6.63. The van der Waals surface area contributed by atoms with E-state index in [0.29, 0.717) is 29.9 Å². The number of rotatable bonds is 5. The molecule has 3 atom stereocenters. The van der Waals surface area contributed by atoms with Crippen LogP contribution in [0.1, 0.15) is 37.5 Å². The maximum Gasteiger partial charge on any atom is 0.332 e. The Kier molecular flexibility index (Phi) is 6.45. The molecule has 0 bridgehead atoms. The minimum absolute atomic E-state index is 0.0912. The molecule has 196 valence electrons. The summed E-state index contributed by atoms with van der Waals surface area (Å²) >= 11 is 6.09. The Morgan fingerprint density at radius 3 is 2.68 bits per heavy atom. The summed E-state index contributed by atoms with van der Waals surface area (Å²) in [6.45, 7) is 0. The number of hydrogen-bond acceptors (Lipinski definition) is 6. The number of amides is 1. The van der Waals surface area contributed by atoms with E-state index in [1.54, 1.807) is 29.6 Å². The van der Waals surface area contributed by atoms with Crippen molar-refractivity contribution in [2.24, 2.45) is 21.1 Å².